The second-order valence-electron chi connectivity index (χ2n) is 10.5. The predicted molar refractivity (Wildman–Crippen MR) is 137 cm³/mol. The molecule has 2 aromatic heterocycles. The molecule has 2 saturated carbocycles. The van der Waals surface area contributed by atoms with Crippen LogP contribution in [0.25, 0.3) is 0 Å². The summed E-state index contributed by atoms with van der Waals surface area (Å²) in [6.45, 7) is 1.73. The van der Waals surface area contributed by atoms with Crippen molar-refractivity contribution in [2.24, 2.45) is 11.3 Å². The lowest BCUT2D eigenvalue weighted by Gasteiger charge is -2.26. The number of thiophene rings is 1. The largest absolute Gasteiger partial charge is 0.359 e. The third-order valence-corrected chi connectivity index (χ3v) is 9.36. The Morgan fingerprint density at radius 1 is 1.24 bits per heavy atom. The molecule has 6 nitrogen and oxygen atoms in total. The van der Waals surface area contributed by atoms with Crippen molar-refractivity contribution in [1.82, 2.24) is 15.2 Å². The van der Waals surface area contributed by atoms with Gasteiger partial charge in [-0.3, -0.25) is 14.6 Å². The molecule has 6 rings (SSSR count). The van der Waals surface area contributed by atoms with Crippen molar-refractivity contribution in [3.63, 3.8) is 0 Å². The summed E-state index contributed by atoms with van der Waals surface area (Å²) in [7, 11) is 0. The first-order valence-corrected chi connectivity index (χ1v) is 13.7. The average Bonchev–Trinajstić information content (AvgIpc) is 3.73. The summed E-state index contributed by atoms with van der Waals surface area (Å²) in [5.41, 5.74) is 3.23. The number of aryl methyl sites for hydroxylation is 1. The van der Waals surface area contributed by atoms with Crippen LogP contribution in [0.4, 0.5) is 5.69 Å². The molecule has 1 saturated heterocycles. The number of ketones is 1. The van der Waals surface area contributed by atoms with Crippen LogP contribution in [0.5, 0.6) is 0 Å². The minimum atomic E-state index is 0.150. The number of likely N-dealkylation sites (tertiary alicyclic amines) is 1. The van der Waals surface area contributed by atoms with Crippen LogP contribution in [0.3, 0.4) is 0 Å². The normalized spacial score (nSPS) is 22.4. The van der Waals surface area contributed by atoms with Crippen molar-refractivity contribution >= 4 is 46.0 Å². The van der Waals surface area contributed by atoms with E-state index in [2.05, 4.69) is 20.5 Å². The van der Waals surface area contributed by atoms with Crippen LogP contribution in [0.1, 0.15) is 64.2 Å². The Morgan fingerprint density at radius 2 is 2.09 bits per heavy atom. The summed E-state index contributed by atoms with van der Waals surface area (Å²) < 4.78 is 0. The Balaban J connectivity index is 1.22. The second-order valence-corrected chi connectivity index (χ2v) is 12.1. The first-order valence-electron chi connectivity index (χ1n) is 12.4. The van der Waals surface area contributed by atoms with Crippen molar-refractivity contribution in [1.29, 1.82) is 0 Å². The van der Waals surface area contributed by atoms with E-state index >= 15 is 0 Å². The first-order chi connectivity index (χ1) is 16.5. The molecule has 34 heavy (non-hydrogen) atoms. The standard InChI is InChI=1S/C26H30N4O2S2/c31-20(16-3-4-16)13-22-23(24(32)30-11-9-26(15-30)7-8-26)19-12-17(5-6-21(19)34-22)28-25(33)29-18-2-1-10-27-14-18/h1-2,10,14,16-17H,3-9,11-13,15H2,(H2,28,29,33). The number of carbonyl (C=O) groups is 2. The van der Waals surface area contributed by atoms with Gasteiger partial charge in [-0.25, -0.2) is 0 Å². The fraction of sp³-hybridized carbons (Fsp3) is 0.538. The number of rotatable bonds is 6. The number of fused-ring (bicyclic) bond motifs is 1. The number of hydrogen-bond donors (Lipinski definition) is 2. The molecule has 0 bridgehead atoms. The summed E-state index contributed by atoms with van der Waals surface area (Å²) >= 11 is 7.26. The molecule has 178 valence electrons. The Hall–Kier alpha value is -2.32. The van der Waals surface area contributed by atoms with E-state index in [4.69, 9.17) is 12.2 Å². The molecule has 1 spiro atoms. The molecule has 1 amide bonds. The van der Waals surface area contributed by atoms with Crippen molar-refractivity contribution in [2.45, 2.75) is 63.8 Å². The molecule has 3 heterocycles. The minimum absolute atomic E-state index is 0.150. The summed E-state index contributed by atoms with van der Waals surface area (Å²) in [5, 5.41) is 7.23. The zero-order valence-corrected chi connectivity index (χ0v) is 20.9. The number of amides is 1. The number of anilines is 1. The number of Topliss-reactive ketones (excluding diaryl/α,β-unsaturated/α-hetero) is 1. The number of nitrogens with one attached hydrogen (secondary N) is 2. The van der Waals surface area contributed by atoms with Crippen LogP contribution in [0.15, 0.2) is 24.5 Å². The van der Waals surface area contributed by atoms with Crippen molar-refractivity contribution < 1.29 is 9.59 Å². The van der Waals surface area contributed by atoms with Gasteiger partial charge >= 0.3 is 0 Å². The average molecular weight is 495 g/mol. The van der Waals surface area contributed by atoms with Crippen molar-refractivity contribution in [3.8, 4) is 0 Å². The van der Waals surface area contributed by atoms with Gasteiger partial charge in [-0.15, -0.1) is 11.3 Å². The van der Waals surface area contributed by atoms with Gasteiger partial charge in [0.1, 0.15) is 5.78 Å². The molecule has 3 fully saturated rings. The SMILES string of the molecule is O=C(Cc1sc2c(c1C(=O)N1CCC3(CC3)C1)CC(NC(=S)Nc1cccnc1)CC2)C1CC1. The van der Waals surface area contributed by atoms with E-state index in [1.54, 1.807) is 23.7 Å². The van der Waals surface area contributed by atoms with Crippen LogP contribution in [0.2, 0.25) is 0 Å². The highest BCUT2D eigenvalue weighted by molar-refractivity contribution is 7.80. The number of thiocarbonyl (C=S) groups is 1. The van der Waals surface area contributed by atoms with Gasteiger partial charge in [0.15, 0.2) is 5.11 Å². The van der Waals surface area contributed by atoms with E-state index in [9.17, 15) is 9.59 Å². The molecule has 4 aliphatic rings. The molecule has 1 unspecified atom stereocenters. The van der Waals surface area contributed by atoms with Gasteiger partial charge in [-0.2, -0.15) is 0 Å². The Morgan fingerprint density at radius 3 is 2.79 bits per heavy atom. The Kier molecular flexibility index (Phi) is 5.68. The maximum atomic E-state index is 13.8. The summed E-state index contributed by atoms with van der Waals surface area (Å²) in [4.78, 5) is 35.0. The van der Waals surface area contributed by atoms with Gasteiger partial charge in [0.25, 0.3) is 5.91 Å². The number of aromatic nitrogens is 1. The van der Waals surface area contributed by atoms with Crippen LogP contribution < -0.4 is 10.6 Å². The van der Waals surface area contributed by atoms with Gasteiger partial charge in [0.05, 0.1) is 17.4 Å². The maximum absolute atomic E-state index is 13.8. The summed E-state index contributed by atoms with van der Waals surface area (Å²) in [5.74, 6) is 0.676. The fourth-order valence-corrected chi connectivity index (χ4v) is 7.12. The molecule has 8 heteroatoms. The lowest BCUT2D eigenvalue weighted by Crippen LogP contribution is -2.41. The maximum Gasteiger partial charge on any atom is 0.255 e. The highest BCUT2D eigenvalue weighted by Crippen LogP contribution is 2.53. The van der Waals surface area contributed by atoms with Gasteiger partial charge < -0.3 is 15.5 Å². The van der Waals surface area contributed by atoms with Crippen LogP contribution in [-0.4, -0.2) is 45.8 Å². The first kappa shape index (κ1) is 22.2. The van der Waals surface area contributed by atoms with E-state index in [-0.39, 0.29) is 17.9 Å². The molecule has 3 aliphatic carbocycles. The zero-order chi connectivity index (χ0) is 23.3. The molecule has 0 aromatic carbocycles. The third kappa shape index (κ3) is 4.50. The predicted octanol–water partition coefficient (Wildman–Crippen LogP) is 4.13. The fourth-order valence-electron chi connectivity index (χ4n) is 5.49. The Bertz CT molecular complexity index is 1140. The topological polar surface area (TPSA) is 74.3 Å². The number of carbonyl (C=O) groups excluding carboxylic acids is 2. The van der Waals surface area contributed by atoms with Gasteiger partial charge in [-0.05, 0) is 86.7 Å². The van der Waals surface area contributed by atoms with Crippen LogP contribution >= 0.6 is 23.6 Å². The minimum Gasteiger partial charge on any atom is -0.359 e. The lowest BCUT2D eigenvalue weighted by molar-refractivity contribution is -0.119. The molecular formula is C26H30N4O2S2. The van der Waals surface area contributed by atoms with E-state index in [1.807, 2.05) is 12.1 Å². The van der Waals surface area contributed by atoms with Gasteiger partial charge in [-0.1, -0.05) is 0 Å². The number of hydrogen-bond acceptors (Lipinski definition) is 5. The number of nitrogens with zero attached hydrogens (tertiary/aromatic N) is 2. The summed E-state index contributed by atoms with van der Waals surface area (Å²) in [6.07, 6.45) is 12.2. The number of pyridine rings is 1. The third-order valence-electron chi connectivity index (χ3n) is 7.85. The molecule has 2 N–H and O–H groups in total. The monoisotopic (exact) mass is 494 g/mol. The molecule has 1 aliphatic heterocycles. The van der Waals surface area contributed by atoms with Gasteiger partial charge in [0, 0.05) is 47.4 Å². The quantitative estimate of drug-likeness (QED) is 0.588. The lowest BCUT2D eigenvalue weighted by atomic mass is 9.90. The zero-order valence-electron chi connectivity index (χ0n) is 19.3. The van der Waals surface area contributed by atoms with E-state index in [0.717, 1.165) is 73.3 Å². The van der Waals surface area contributed by atoms with Crippen LogP contribution in [0, 0.1) is 11.3 Å². The summed E-state index contributed by atoms with van der Waals surface area (Å²) in [6, 6.07) is 3.96. The highest BCUT2D eigenvalue weighted by Gasteiger charge is 2.49. The second kappa shape index (κ2) is 8.72. The van der Waals surface area contributed by atoms with E-state index in [0.29, 0.717) is 22.7 Å². The van der Waals surface area contributed by atoms with Crippen molar-refractivity contribution in [3.05, 3.63) is 45.4 Å². The van der Waals surface area contributed by atoms with Crippen molar-refractivity contribution in [2.75, 3.05) is 18.4 Å². The molecule has 2 aromatic rings. The highest BCUT2D eigenvalue weighted by atomic mass is 32.1. The van der Waals surface area contributed by atoms with Gasteiger partial charge in [0.2, 0.25) is 0 Å². The van der Waals surface area contributed by atoms with Crippen LogP contribution in [-0.2, 0) is 24.1 Å². The molecule has 0 radical (unpaired) electrons. The van der Waals surface area contributed by atoms with E-state index < -0.39 is 0 Å². The molecular weight excluding hydrogens is 464 g/mol. The van der Waals surface area contributed by atoms with E-state index in [1.165, 1.54) is 17.7 Å². The Labute approximate surface area is 209 Å². The molecule has 1 atom stereocenters. The smallest absolute Gasteiger partial charge is 0.255 e.